The number of carbonyl (C=O) groups excluding carboxylic acids is 1. The highest BCUT2D eigenvalue weighted by molar-refractivity contribution is 6.30. The van der Waals surface area contributed by atoms with Crippen LogP contribution in [0.1, 0.15) is 24.0 Å². The number of hydrogen-bond acceptors (Lipinski definition) is 2. The lowest BCUT2D eigenvalue weighted by atomic mass is 9.66. The van der Waals surface area contributed by atoms with Crippen LogP contribution < -0.4 is 9.64 Å². The molecule has 2 atom stereocenters. The molecule has 4 heteroatoms. The number of ether oxygens (including phenoxy) is 1. The van der Waals surface area contributed by atoms with Gasteiger partial charge in [-0.05, 0) is 66.8 Å². The van der Waals surface area contributed by atoms with Crippen molar-refractivity contribution >= 4 is 23.2 Å². The normalized spacial score (nSPS) is 23.2. The smallest absolute Gasteiger partial charge is 0.271 e. The maximum absolute atomic E-state index is 13.3. The minimum Gasteiger partial charge on any atom is -0.478 e. The second-order valence-corrected chi connectivity index (χ2v) is 7.83. The molecule has 0 bridgehead atoms. The van der Waals surface area contributed by atoms with Crippen molar-refractivity contribution in [3.63, 3.8) is 0 Å². The van der Waals surface area contributed by atoms with Crippen LogP contribution in [0.4, 0.5) is 5.69 Å². The molecule has 0 saturated carbocycles. The largest absolute Gasteiger partial charge is 0.478 e. The summed E-state index contributed by atoms with van der Waals surface area (Å²) >= 11 is 6.08. The zero-order valence-electron chi connectivity index (χ0n) is 15.3. The fraction of sp³-hybridized carbons (Fsp3) is 0.208. The Labute approximate surface area is 169 Å². The number of nitrogens with zero attached hydrogens (tertiary/aromatic N) is 1. The number of fused-ring (bicyclic) bond motifs is 2. The Morgan fingerprint density at radius 2 is 1.64 bits per heavy atom. The molecule has 1 spiro atoms. The number of halogens is 1. The third-order valence-electron chi connectivity index (χ3n) is 5.85. The van der Waals surface area contributed by atoms with E-state index in [2.05, 4.69) is 18.2 Å². The highest BCUT2D eigenvalue weighted by Gasteiger charge is 2.64. The van der Waals surface area contributed by atoms with E-state index in [4.69, 9.17) is 16.3 Å². The van der Waals surface area contributed by atoms with Crippen LogP contribution in [0.3, 0.4) is 0 Å². The number of hydrogen-bond donors (Lipinski definition) is 0. The molecule has 3 nitrogen and oxygen atoms in total. The van der Waals surface area contributed by atoms with Crippen LogP contribution in [0.2, 0.25) is 5.02 Å². The van der Waals surface area contributed by atoms with Gasteiger partial charge in [0.15, 0.2) is 0 Å². The summed E-state index contributed by atoms with van der Waals surface area (Å²) < 4.78 is 6.27. The van der Waals surface area contributed by atoms with Crippen molar-refractivity contribution in [2.24, 2.45) is 0 Å². The molecule has 1 aliphatic heterocycles. The monoisotopic (exact) mass is 389 g/mol. The minimum atomic E-state index is -0.535. The van der Waals surface area contributed by atoms with E-state index in [0.29, 0.717) is 5.02 Å². The fourth-order valence-corrected chi connectivity index (χ4v) is 4.77. The quantitative estimate of drug-likeness (QED) is 0.564. The first kappa shape index (κ1) is 17.3. The molecule has 1 saturated heterocycles. The molecule has 0 aromatic heterocycles. The zero-order chi connectivity index (χ0) is 19.1. The molecule has 0 N–H and O–H groups in total. The Morgan fingerprint density at radius 3 is 2.43 bits per heavy atom. The molecule has 28 heavy (non-hydrogen) atoms. The van der Waals surface area contributed by atoms with Gasteiger partial charge in [0, 0.05) is 10.7 Å². The SMILES string of the molecule is O=C1C(Oc2ccccc2)C2(CCCc3ccccc32)N1c1ccc(Cl)cc1. The first-order chi connectivity index (χ1) is 13.7. The lowest BCUT2D eigenvalue weighted by Crippen LogP contribution is -2.75. The third-order valence-corrected chi connectivity index (χ3v) is 6.10. The maximum atomic E-state index is 13.3. The van der Waals surface area contributed by atoms with Crippen LogP contribution in [0.15, 0.2) is 78.9 Å². The molecule has 1 aliphatic carbocycles. The molecule has 1 amide bonds. The molecule has 3 aromatic rings. The Balaban J connectivity index is 1.63. The fourth-order valence-electron chi connectivity index (χ4n) is 4.65. The van der Waals surface area contributed by atoms with Crippen LogP contribution in [0, 0.1) is 0 Å². The van der Waals surface area contributed by atoms with Gasteiger partial charge in [0.1, 0.15) is 11.3 Å². The van der Waals surface area contributed by atoms with Crippen LogP contribution in [-0.4, -0.2) is 12.0 Å². The number of rotatable bonds is 3. The van der Waals surface area contributed by atoms with Crippen molar-refractivity contribution in [2.45, 2.75) is 30.9 Å². The summed E-state index contributed by atoms with van der Waals surface area (Å²) in [5.41, 5.74) is 2.85. The molecule has 5 rings (SSSR count). The average Bonchev–Trinajstić information content (AvgIpc) is 2.74. The van der Waals surface area contributed by atoms with Crippen molar-refractivity contribution in [1.82, 2.24) is 0 Å². The van der Waals surface area contributed by atoms with E-state index in [1.54, 1.807) is 0 Å². The van der Waals surface area contributed by atoms with Crippen molar-refractivity contribution in [2.75, 3.05) is 4.90 Å². The van der Waals surface area contributed by atoms with Crippen molar-refractivity contribution < 1.29 is 9.53 Å². The first-order valence-corrected chi connectivity index (χ1v) is 9.98. The van der Waals surface area contributed by atoms with Crippen molar-refractivity contribution in [3.05, 3.63) is 95.0 Å². The second kappa shape index (κ2) is 6.68. The van der Waals surface area contributed by atoms with Gasteiger partial charge in [0.25, 0.3) is 5.91 Å². The molecule has 1 heterocycles. The molecular formula is C24H20ClNO2. The van der Waals surface area contributed by atoms with Gasteiger partial charge in [0.2, 0.25) is 6.10 Å². The van der Waals surface area contributed by atoms with Crippen LogP contribution >= 0.6 is 11.6 Å². The maximum Gasteiger partial charge on any atom is 0.271 e. The number of β-lactam (4-membered cyclic amide) rings is 1. The van der Waals surface area contributed by atoms with Crippen LogP contribution in [-0.2, 0) is 16.8 Å². The Morgan fingerprint density at radius 1 is 0.929 bits per heavy atom. The summed E-state index contributed by atoms with van der Waals surface area (Å²) in [6, 6.07) is 25.5. The molecule has 3 aromatic carbocycles. The van der Waals surface area contributed by atoms with Crippen LogP contribution in [0.25, 0.3) is 0 Å². The van der Waals surface area contributed by atoms with Gasteiger partial charge < -0.3 is 4.74 Å². The highest BCUT2D eigenvalue weighted by Crippen LogP contribution is 2.52. The lowest BCUT2D eigenvalue weighted by molar-refractivity contribution is -0.143. The summed E-state index contributed by atoms with van der Waals surface area (Å²) in [6.07, 6.45) is 2.38. The van der Waals surface area contributed by atoms with E-state index in [1.165, 1.54) is 11.1 Å². The van der Waals surface area contributed by atoms with Gasteiger partial charge >= 0.3 is 0 Å². The number of benzene rings is 3. The van der Waals surface area contributed by atoms with Crippen molar-refractivity contribution in [3.8, 4) is 5.75 Å². The number of amides is 1. The average molecular weight is 390 g/mol. The molecule has 2 aliphatic rings. The lowest BCUT2D eigenvalue weighted by Gasteiger charge is -2.58. The Kier molecular flexibility index (Phi) is 4.13. The van der Waals surface area contributed by atoms with E-state index < -0.39 is 11.6 Å². The molecule has 1 fully saturated rings. The van der Waals surface area contributed by atoms with Gasteiger partial charge in [-0.3, -0.25) is 9.69 Å². The standard InChI is InChI=1S/C24H20ClNO2/c25-18-12-14-19(15-13-18)26-23(27)22(28-20-9-2-1-3-10-20)24(26)16-6-8-17-7-4-5-11-21(17)24/h1-5,7,9-15,22H,6,8,16H2. The summed E-state index contributed by atoms with van der Waals surface area (Å²) in [6.45, 7) is 0. The number of carbonyl (C=O) groups is 1. The molecule has 2 unspecified atom stereocenters. The highest BCUT2D eigenvalue weighted by atomic mass is 35.5. The van der Waals surface area contributed by atoms with Crippen LogP contribution in [0.5, 0.6) is 5.75 Å². The van der Waals surface area contributed by atoms with Gasteiger partial charge in [0.05, 0.1) is 0 Å². The summed E-state index contributed by atoms with van der Waals surface area (Å²) in [4.78, 5) is 15.2. The third kappa shape index (κ3) is 2.54. The van der Waals surface area contributed by atoms with E-state index in [9.17, 15) is 4.79 Å². The van der Waals surface area contributed by atoms with E-state index in [-0.39, 0.29) is 5.91 Å². The van der Waals surface area contributed by atoms with Gasteiger partial charge in [-0.1, -0.05) is 54.1 Å². The van der Waals surface area contributed by atoms with Crippen molar-refractivity contribution in [1.29, 1.82) is 0 Å². The summed E-state index contributed by atoms with van der Waals surface area (Å²) in [5.74, 6) is 0.710. The summed E-state index contributed by atoms with van der Waals surface area (Å²) in [7, 11) is 0. The molecular weight excluding hydrogens is 370 g/mol. The van der Waals surface area contributed by atoms with E-state index in [0.717, 1.165) is 30.7 Å². The van der Waals surface area contributed by atoms with Gasteiger partial charge in [-0.2, -0.15) is 0 Å². The van der Waals surface area contributed by atoms with E-state index in [1.807, 2.05) is 65.6 Å². The second-order valence-electron chi connectivity index (χ2n) is 7.40. The predicted molar refractivity (Wildman–Crippen MR) is 111 cm³/mol. The van der Waals surface area contributed by atoms with Gasteiger partial charge in [-0.25, -0.2) is 0 Å². The topological polar surface area (TPSA) is 29.5 Å². The number of aryl methyl sites for hydroxylation is 1. The number of para-hydroxylation sites is 1. The van der Waals surface area contributed by atoms with E-state index >= 15 is 0 Å². The Bertz CT molecular complexity index is 1020. The molecule has 140 valence electrons. The zero-order valence-corrected chi connectivity index (χ0v) is 16.1. The molecule has 0 radical (unpaired) electrons. The summed E-state index contributed by atoms with van der Waals surface area (Å²) in [5, 5.41) is 0.659. The minimum absolute atomic E-state index is 0.0112. The van der Waals surface area contributed by atoms with Gasteiger partial charge in [-0.15, -0.1) is 0 Å². The Hall–Kier alpha value is -2.78. The predicted octanol–water partition coefficient (Wildman–Crippen LogP) is 5.37. The number of anilines is 1. The first-order valence-electron chi connectivity index (χ1n) is 9.60.